The van der Waals surface area contributed by atoms with E-state index in [-0.39, 0.29) is 0 Å². The fourth-order valence-corrected chi connectivity index (χ4v) is 1.10. The van der Waals surface area contributed by atoms with E-state index in [9.17, 15) is 0 Å². The summed E-state index contributed by atoms with van der Waals surface area (Å²) >= 11 is 0. The summed E-state index contributed by atoms with van der Waals surface area (Å²) < 4.78 is 10.1. The maximum Gasteiger partial charge on any atom is 0.259 e. The summed E-state index contributed by atoms with van der Waals surface area (Å²) in [5, 5.41) is 0. The van der Waals surface area contributed by atoms with Crippen molar-refractivity contribution in [2.75, 3.05) is 20.0 Å². The van der Waals surface area contributed by atoms with Crippen LogP contribution in [0, 0.1) is 13.8 Å². The number of nitrogen functional groups attached to an aromatic ring is 1. The molecular weight excluding hydrogens is 168 g/mol. The molecule has 13 heavy (non-hydrogen) atoms. The van der Waals surface area contributed by atoms with Crippen molar-refractivity contribution < 1.29 is 9.47 Å². The molecule has 0 fully saturated rings. The van der Waals surface area contributed by atoms with Crippen molar-refractivity contribution in [2.24, 2.45) is 0 Å². The molecule has 1 heterocycles. The second-order valence-corrected chi connectivity index (χ2v) is 2.78. The molecule has 1 aromatic heterocycles. The van der Waals surface area contributed by atoms with Gasteiger partial charge in [-0.05, 0) is 19.4 Å². The Bertz CT molecular complexity index is 324. The minimum atomic E-state index is 0.433. The molecule has 0 aliphatic heterocycles. The topological polar surface area (TPSA) is 57.4 Å². The van der Waals surface area contributed by atoms with Crippen LogP contribution in [0.25, 0.3) is 0 Å². The highest BCUT2D eigenvalue weighted by Crippen LogP contribution is 2.34. The Balaban J connectivity index is 3.39. The van der Waals surface area contributed by atoms with Crippen molar-refractivity contribution >= 4 is 5.69 Å². The van der Waals surface area contributed by atoms with Crippen LogP contribution in [0.1, 0.15) is 11.3 Å². The Morgan fingerprint density at radius 1 is 1.15 bits per heavy atom. The number of aryl methyl sites for hydroxylation is 1. The van der Waals surface area contributed by atoms with Gasteiger partial charge in [0.2, 0.25) is 5.75 Å². The van der Waals surface area contributed by atoms with Gasteiger partial charge in [-0.1, -0.05) is 0 Å². The summed E-state index contributed by atoms with van der Waals surface area (Å²) in [6.07, 6.45) is 0. The molecule has 0 saturated carbocycles. The standard InChI is InChI=1S/C9H14N2O2/c1-5-6(2)11-9(13-4)8(12-3)7(5)10/h1-4H3,(H2,10,11). The van der Waals surface area contributed by atoms with Gasteiger partial charge in [0.25, 0.3) is 5.88 Å². The number of hydrogen-bond donors (Lipinski definition) is 1. The molecular formula is C9H14N2O2. The van der Waals surface area contributed by atoms with Crippen LogP contribution in [0.4, 0.5) is 5.69 Å². The summed E-state index contributed by atoms with van der Waals surface area (Å²) in [4.78, 5) is 4.20. The second-order valence-electron chi connectivity index (χ2n) is 2.78. The van der Waals surface area contributed by atoms with E-state index in [1.807, 2.05) is 13.8 Å². The maximum absolute atomic E-state index is 5.83. The minimum absolute atomic E-state index is 0.433. The van der Waals surface area contributed by atoms with Gasteiger partial charge in [-0.15, -0.1) is 0 Å². The van der Waals surface area contributed by atoms with E-state index in [1.165, 1.54) is 0 Å². The monoisotopic (exact) mass is 182 g/mol. The third-order valence-corrected chi connectivity index (χ3v) is 2.05. The van der Waals surface area contributed by atoms with E-state index in [4.69, 9.17) is 15.2 Å². The van der Waals surface area contributed by atoms with E-state index >= 15 is 0 Å². The molecule has 0 amide bonds. The van der Waals surface area contributed by atoms with Gasteiger partial charge in [0.15, 0.2) is 0 Å². The Hall–Kier alpha value is -1.45. The van der Waals surface area contributed by atoms with Crippen LogP contribution in [0.15, 0.2) is 0 Å². The molecule has 4 nitrogen and oxygen atoms in total. The minimum Gasteiger partial charge on any atom is -0.490 e. The summed E-state index contributed by atoms with van der Waals surface area (Å²) in [6, 6.07) is 0. The first kappa shape index (κ1) is 9.64. The number of anilines is 1. The molecule has 0 atom stereocenters. The number of aromatic nitrogens is 1. The molecule has 4 heteroatoms. The Labute approximate surface area is 77.7 Å². The lowest BCUT2D eigenvalue weighted by Gasteiger charge is -2.12. The number of nitrogens with zero attached hydrogens (tertiary/aromatic N) is 1. The molecule has 0 bridgehead atoms. The zero-order chi connectivity index (χ0) is 10.0. The number of pyridine rings is 1. The van der Waals surface area contributed by atoms with Crippen molar-refractivity contribution in [3.63, 3.8) is 0 Å². The van der Waals surface area contributed by atoms with Gasteiger partial charge in [-0.25, -0.2) is 4.98 Å². The van der Waals surface area contributed by atoms with Crippen molar-refractivity contribution in [2.45, 2.75) is 13.8 Å². The van der Waals surface area contributed by atoms with Gasteiger partial charge in [-0.3, -0.25) is 0 Å². The molecule has 2 N–H and O–H groups in total. The van der Waals surface area contributed by atoms with E-state index < -0.39 is 0 Å². The normalized spacial score (nSPS) is 9.85. The third-order valence-electron chi connectivity index (χ3n) is 2.05. The second kappa shape index (κ2) is 3.51. The zero-order valence-electron chi connectivity index (χ0n) is 8.34. The quantitative estimate of drug-likeness (QED) is 0.749. The van der Waals surface area contributed by atoms with E-state index in [1.54, 1.807) is 14.2 Å². The van der Waals surface area contributed by atoms with E-state index in [2.05, 4.69) is 4.98 Å². The highest BCUT2D eigenvalue weighted by molar-refractivity contribution is 5.63. The lowest BCUT2D eigenvalue weighted by molar-refractivity contribution is 0.343. The molecule has 0 spiro atoms. The molecule has 72 valence electrons. The van der Waals surface area contributed by atoms with Crippen LogP contribution in [0.3, 0.4) is 0 Å². The van der Waals surface area contributed by atoms with Crippen molar-refractivity contribution in [3.05, 3.63) is 11.3 Å². The van der Waals surface area contributed by atoms with E-state index in [0.717, 1.165) is 11.3 Å². The number of hydrogen-bond acceptors (Lipinski definition) is 4. The fourth-order valence-electron chi connectivity index (χ4n) is 1.10. The molecule has 1 rings (SSSR count). The summed E-state index contributed by atoms with van der Waals surface area (Å²) in [7, 11) is 3.09. The SMILES string of the molecule is COc1nc(C)c(C)c(N)c1OC. The van der Waals surface area contributed by atoms with Crippen LogP contribution in [0.5, 0.6) is 11.6 Å². The molecule has 0 unspecified atom stereocenters. The lowest BCUT2D eigenvalue weighted by Crippen LogP contribution is -2.03. The van der Waals surface area contributed by atoms with Crippen LogP contribution < -0.4 is 15.2 Å². The van der Waals surface area contributed by atoms with Crippen LogP contribution in [0.2, 0.25) is 0 Å². The van der Waals surface area contributed by atoms with Gasteiger partial charge in [0.1, 0.15) is 0 Å². The molecule has 1 aromatic rings. The Morgan fingerprint density at radius 2 is 1.77 bits per heavy atom. The smallest absolute Gasteiger partial charge is 0.259 e. The summed E-state index contributed by atoms with van der Waals surface area (Å²) in [5.74, 6) is 0.939. The average Bonchev–Trinajstić information content (AvgIpc) is 2.13. The average molecular weight is 182 g/mol. The first-order chi connectivity index (χ1) is 6.11. The predicted octanol–water partition coefficient (Wildman–Crippen LogP) is 1.30. The van der Waals surface area contributed by atoms with Crippen LogP contribution in [-0.2, 0) is 0 Å². The van der Waals surface area contributed by atoms with E-state index in [0.29, 0.717) is 17.3 Å². The van der Waals surface area contributed by atoms with Gasteiger partial charge < -0.3 is 15.2 Å². The summed E-state index contributed by atoms with van der Waals surface area (Å²) in [6.45, 7) is 3.78. The molecule has 0 saturated heterocycles. The number of rotatable bonds is 2. The molecule has 0 radical (unpaired) electrons. The number of nitrogens with two attached hydrogens (primary N) is 1. The van der Waals surface area contributed by atoms with Gasteiger partial charge in [0, 0.05) is 5.69 Å². The highest BCUT2D eigenvalue weighted by Gasteiger charge is 2.13. The lowest BCUT2D eigenvalue weighted by atomic mass is 10.2. The van der Waals surface area contributed by atoms with Crippen LogP contribution >= 0.6 is 0 Å². The first-order valence-electron chi connectivity index (χ1n) is 3.96. The number of ether oxygens (including phenoxy) is 2. The third kappa shape index (κ3) is 1.52. The first-order valence-corrected chi connectivity index (χ1v) is 3.96. The highest BCUT2D eigenvalue weighted by atomic mass is 16.5. The summed E-state index contributed by atoms with van der Waals surface area (Å²) in [5.41, 5.74) is 8.20. The van der Waals surface area contributed by atoms with Crippen molar-refractivity contribution in [1.82, 2.24) is 4.98 Å². The largest absolute Gasteiger partial charge is 0.490 e. The Morgan fingerprint density at radius 3 is 2.23 bits per heavy atom. The van der Waals surface area contributed by atoms with Gasteiger partial charge >= 0.3 is 0 Å². The van der Waals surface area contributed by atoms with Gasteiger partial charge in [0.05, 0.1) is 19.9 Å². The molecule has 0 aliphatic carbocycles. The zero-order valence-corrected chi connectivity index (χ0v) is 8.34. The van der Waals surface area contributed by atoms with Gasteiger partial charge in [-0.2, -0.15) is 0 Å². The fraction of sp³-hybridized carbons (Fsp3) is 0.444. The van der Waals surface area contributed by atoms with Crippen molar-refractivity contribution in [1.29, 1.82) is 0 Å². The molecule has 0 aromatic carbocycles. The maximum atomic E-state index is 5.83. The number of methoxy groups -OCH3 is 2. The molecule has 0 aliphatic rings. The van der Waals surface area contributed by atoms with Crippen molar-refractivity contribution in [3.8, 4) is 11.6 Å². The Kier molecular flexibility index (Phi) is 2.60. The predicted molar refractivity (Wildman–Crippen MR) is 51.2 cm³/mol. The van der Waals surface area contributed by atoms with Crippen LogP contribution in [-0.4, -0.2) is 19.2 Å².